The fraction of sp³-hybridized carbons (Fsp3) is 0.364. The van der Waals surface area contributed by atoms with Gasteiger partial charge in [-0.1, -0.05) is 41.4 Å². The highest BCUT2D eigenvalue weighted by atomic mass is 35.5. The van der Waals surface area contributed by atoms with Gasteiger partial charge in [0, 0.05) is 47.9 Å². The summed E-state index contributed by atoms with van der Waals surface area (Å²) in [5.74, 6) is -0.244. The molecule has 3 aliphatic rings. The first-order chi connectivity index (χ1) is 13.5. The molecule has 28 heavy (non-hydrogen) atoms. The molecule has 0 aromatic heterocycles. The maximum atomic E-state index is 12.4. The molecule has 0 radical (unpaired) electrons. The van der Waals surface area contributed by atoms with Crippen molar-refractivity contribution in [1.82, 2.24) is 4.90 Å². The molecular weight excluding hydrogens is 395 g/mol. The molecule has 2 aromatic rings. The zero-order valence-corrected chi connectivity index (χ0v) is 16.8. The number of hydrogen-bond acceptors (Lipinski definition) is 3. The van der Waals surface area contributed by atoms with E-state index >= 15 is 0 Å². The Morgan fingerprint density at radius 3 is 2.36 bits per heavy atom. The SMILES string of the molecule is O=C1CCC(=O)N1c1ccccc1[C@@H]1CN(C2CC2)Cc2c(Cl)cc(Cl)cc21. The van der Waals surface area contributed by atoms with Crippen molar-refractivity contribution in [2.75, 3.05) is 11.4 Å². The number of anilines is 1. The van der Waals surface area contributed by atoms with Gasteiger partial charge in [-0.15, -0.1) is 0 Å². The zero-order chi connectivity index (χ0) is 19.4. The van der Waals surface area contributed by atoms with Crippen LogP contribution in [0.1, 0.15) is 48.3 Å². The van der Waals surface area contributed by atoms with Crippen molar-refractivity contribution in [2.45, 2.75) is 44.2 Å². The van der Waals surface area contributed by atoms with Crippen molar-refractivity contribution in [1.29, 1.82) is 0 Å². The maximum Gasteiger partial charge on any atom is 0.234 e. The quantitative estimate of drug-likeness (QED) is 0.679. The van der Waals surface area contributed by atoms with Gasteiger partial charge in [-0.2, -0.15) is 0 Å². The molecule has 0 bridgehead atoms. The average molecular weight is 415 g/mol. The molecule has 2 aromatic carbocycles. The fourth-order valence-electron chi connectivity index (χ4n) is 4.52. The summed E-state index contributed by atoms with van der Waals surface area (Å²) >= 11 is 12.9. The molecule has 2 fully saturated rings. The molecule has 4 nitrogen and oxygen atoms in total. The normalized spacial score (nSPS) is 22.6. The summed E-state index contributed by atoms with van der Waals surface area (Å²) in [5, 5.41) is 1.29. The number of carbonyl (C=O) groups excluding carboxylic acids is 2. The molecule has 6 heteroatoms. The van der Waals surface area contributed by atoms with Crippen molar-refractivity contribution in [2.24, 2.45) is 0 Å². The Balaban J connectivity index is 1.65. The number of halogens is 2. The largest absolute Gasteiger partial charge is 0.295 e. The number of rotatable bonds is 3. The minimum Gasteiger partial charge on any atom is -0.295 e. The van der Waals surface area contributed by atoms with E-state index in [0.717, 1.165) is 29.8 Å². The predicted molar refractivity (Wildman–Crippen MR) is 110 cm³/mol. The summed E-state index contributed by atoms with van der Waals surface area (Å²) in [6.45, 7) is 1.65. The van der Waals surface area contributed by atoms with Gasteiger partial charge in [0.15, 0.2) is 0 Å². The van der Waals surface area contributed by atoms with E-state index in [1.165, 1.54) is 17.7 Å². The summed E-state index contributed by atoms with van der Waals surface area (Å²) in [7, 11) is 0. The molecular formula is C22H20Cl2N2O2. The lowest BCUT2D eigenvalue weighted by molar-refractivity contribution is -0.121. The second-order valence-electron chi connectivity index (χ2n) is 7.85. The molecule has 0 spiro atoms. The Morgan fingerprint density at radius 1 is 0.929 bits per heavy atom. The fourth-order valence-corrected chi connectivity index (χ4v) is 5.09. The summed E-state index contributed by atoms with van der Waals surface area (Å²) in [6, 6.07) is 12.1. The molecule has 144 valence electrons. The average Bonchev–Trinajstić information content (AvgIpc) is 3.47. The van der Waals surface area contributed by atoms with E-state index in [2.05, 4.69) is 4.90 Å². The molecule has 2 aliphatic heterocycles. The van der Waals surface area contributed by atoms with Gasteiger partial charge < -0.3 is 0 Å². The number of imide groups is 1. The number of benzene rings is 2. The Labute approximate surface area is 174 Å². The van der Waals surface area contributed by atoms with Crippen LogP contribution in [0.4, 0.5) is 5.69 Å². The van der Waals surface area contributed by atoms with E-state index in [4.69, 9.17) is 23.2 Å². The number of carbonyl (C=O) groups is 2. The number of nitrogens with zero attached hydrogens (tertiary/aromatic N) is 2. The highest BCUT2D eigenvalue weighted by molar-refractivity contribution is 6.35. The maximum absolute atomic E-state index is 12.4. The van der Waals surface area contributed by atoms with Crippen molar-refractivity contribution in [3.63, 3.8) is 0 Å². The number of para-hydroxylation sites is 1. The van der Waals surface area contributed by atoms with Crippen molar-refractivity contribution >= 4 is 40.7 Å². The van der Waals surface area contributed by atoms with Gasteiger partial charge >= 0.3 is 0 Å². The van der Waals surface area contributed by atoms with Gasteiger partial charge in [-0.25, -0.2) is 0 Å². The third-order valence-corrected chi connectivity index (χ3v) is 6.57. The monoisotopic (exact) mass is 414 g/mol. The number of hydrogen-bond donors (Lipinski definition) is 0. The highest BCUT2D eigenvalue weighted by Crippen LogP contribution is 2.44. The predicted octanol–water partition coefficient (Wildman–Crippen LogP) is 4.76. The van der Waals surface area contributed by atoms with E-state index in [1.807, 2.05) is 30.3 Å². The van der Waals surface area contributed by atoms with Crippen molar-refractivity contribution in [3.05, 3.63) is 63.1 Å². The Bertz CT molecular complexity index is 970. The van der Waals surface area contributed by atoms with E-state index in [9.17, 15) is 9.59 Å². The molecule has 2 heterocycles. The van der Waals surface area contributed by atoms with Crippen molar-refractivity contribution < 1.29 is 9.59 Å². The standard InChI is InChI=1S/C22H20Cl2N2O2/c23-13-9-16-17(11-25(14-5-6-14)12-18(16)19(24)10-13)15-3-1-2-4-20(15)26-21(27)7-8-22(26)28/h1-4,9-10,14,17H,5-8,11-12H2/t17-/m0/s1. The molecule has 2 amide bonds. The van der Waals surface area contributed by atoms with E-state index in [0.29, 0.717) is 21.8 Å². The number of fused-ring (bicyclic) bond motifs is 1. The summed E-state index contributed by atoms with van der Waals surface area (Å²) in [6.07, 6.45) is 2.97. The van der Waals surface area contributed by atoms with E-state index < -0.39 is 0 Å². The molecule has 0 unspecified atom stereocenters. The lowest BCUT2D eigenvalue weighted by Gasteiger charge is -2.37. The lowest BCUT2D eigenvalue weighted by Crippen LogP contribution is -2.37. The summed E-state index contributed by atoms with van der Waals surface area (Å²) < 4.78 is 0. The molecule has 1 aliphatic carbocycles. The van der Waals surface area contributed by atoms with Gasteiger partial charge in [-0.3, -0.25) is 19.4 Å². The van der Waals surface area contributed by atoms with E-state index in [-0.39, 0.29) is 30.6 Å². The second kappa shape index (κ2) is 6.87. The first-order valence-electron chi connectivity index (χ1n) is 9.69. The molecule has 0 N–H and O–H groups in total. The Hall–Kier alpha value is -1.88. The molecule has 5 rings (SSSR count). The van der Waals surface area contributed by atoms with Crippen LogP contribution in [0, 0.1) is 0 Å². The third kappa shape index (κ3) is 3.04. The van der Waals surface area contributed by atoms with Gasteiger partial charge in [0.2, 0.25) is 11.8 Å². The van der Waals surface area contributed by atoms with Gasteiger partial charge in [0.1, 0.15) is 0 Å². The molecule has 1 atom stereocenters. The Kier molecular flexibility index (Phi) is 4.46. The molecule has 1 saturated carbocycles. The van der Waals surface area contributed by atoms with Crippen molar-refractivity contribution in [3.8, 4) is 0 Å². The third-order valence-electron chi connectivity index (χ3n) is 6.02. The second-order valence-corrected chi connectivity index (χ2v) is 8.69. The first kappa shape index (κ1) is 18.2. The summed E-state index contributed by atoms with van der Waals surface area (Å²) in [5.41, 5.74) is 3.87. The van der Waals surface area contributed by atoms with Crippen LogP contribution >= 0.6 is 23.2 Å². The van der Waals surface area contributed by atoms with Crippen LogP contribution in [0.25, 0.3) is 0 Å². The van der Waals surface area contributed by atoms with Crippen LogP contribution in [0.3, 0.4) is 0 Å². The van der Waals surface area contributed by atoms with Gasteiger partial charge in [0.25, 0.3) is 0 Å². The summed E-state index contributed by atoms with van der Waals surface area (Å²) in [4.78, 5) is 28.6. The smallest absolute Gasteiger partial charge is 0.234 e. The lowest BCUT2D eigenvalue weighted by atomic mass is 9.83. The molecule has 1 saturated heterocycles. The van der Waals surface area contributed by atoms with Crippen LogP contribution in [0.2, 0.25) is 10.0 Å². The van der Waals surface area contributed by atoms with Crippen LogP contribution < -0.4 is 4.90 Å². The first-order valence-corrected chi connectivity index (χ1v) is 10.4. The van der Waals surface area contributed by atoms with Crippen LogP contribution in [-0.4, -0.2) is 29.3 Å². The zero-order valence-electron chi connectivity index (χ0n) is 15.3. The highest BCUT2D eigenvalue weighted by Gasteiger charge is 2.39. The topological polar surface area (TPSA) is 40.6 Å². The van der Waals surface area contributed by atoms with Crippen LogP contribution in [0.15, 0.2) is 36.4 Å². The van der Waals surface area contributed by atoms with Crippen LogP contribution in [-0.2, 0) is 16.1 Å². The van der Waals surface area contributed by atoms with E-state index in [1.54, 1.807) is 6.07 Å². The Morgan fingerprint density at radius 2 is 1.64 bits per heavy atom. The van der Waals surface area contributed by atoms with Gasteiger partial charge in [-0.05, 0) is 47.7 Å². The minimum absolute atomic E-state index is 0.0120. The number of amides is 2. The van der Waals surface area contributed by atoms with Gasteiger partial charge in [0.05, 0.1) is 5.69 Å². The minimum atomic E-state index is -0.128. The van der Waals surface area contributed by atoms with Crippen LogP contribution in [0.5, 0.6) is 0 Å².